The Morgan fingerprint density at radius 1 is 1.00 bits per heavy atom. The van der Waals surface area contributed by atoms with Gasteiger partial charge in [0.1, 0.15) is 11.9 Å². The van der Waals surface area contributed by atoms with Crippen molar-refractivity contribution in [1.29, 1.82) is 0 Å². The SMILES string of the molecule is CN1CC[C@H](Oc2ccc(N)cc2)[C@H](c2ccccc2)C1.Cl.Cl. The molecule has 0 saturated carbocycles. The molecule has 3 nitrogen and oxygen atoms in total. The summed E-state index contributed by atoms with van der Waals surface area (Å²) in [4.78, 5) is 2.38. The lowest BCUT2D eigenvalue weighted by atomic mass is 9.88. The highest BCUT2D eigenvalue weighted by Crippen LogP contribution is 2.30. The van der Waals surface area contributed by atoms with Crippen LogP contribution in [0, 0.1) is 0 Å². The fraction of sp³-hybridized carbons (Fsp3) is 0.333. The zero-order valence-electron chi connectivity index (χ0n) is 13.2. The number of halogens is 2. The van der Waals surface area contributed by atoms with Gasteiger partial charge in [-0.05, 0) is 43.3 Å². The van der Waals surface area contributed by atoms with Crippen LogP contribution in [-0.2, 0) is 0 Å². The van der Waals surface area contributed by atoms with E-state index in [1.807, 2.05) is 24.3 Å². The van der Waals surface area contributed by atoms with E-state index in [-0.39, 0.29) is 30.9 Å². The van der Waals surface area contributed by atoms with Crippen molar-refractivity contribution >= 4 is 30.5 Å². The minimum Gasteiger partial charge on any atom is -0.490 e. The maximum absolute atomic E-state index is 6.24. The van der Waals surface area contributed by atoms with E-state index >= 15 is 0 Å². The number of piperidine rings is 1. The number of benzene rings is 2. The van der Waals surface area contributed by atoms with Gasteiger partial charge in [-0.25, -0.2) is 0 Å². The predicted octanol–water partition coefficient (Wildman–Crippen LogP) is 3.98. The molecule has 0 spiro atoms. The predicted molar refractivity (Wildman–Crippen MR) is 101 cm³/mol. The molecule has 1 saturated heterocycles. The summed E-state index contributed by atoms with van der Waals surface area (Å²) in [5.74, 6) is 1.31. The minimum absolute atomic E-state index is 0. The summed E-state index contributed by atoms with van der Waals surface area (Å²) in [5, 5.41) is 0. The molecule has 0 unspecified atom stereocenters. The third kappa shape index (κ3) is 5.03. The number of rotatable bonds is 3. The summed E-state index contributed by atoms with van der Waals surface area (Å²) in [7, 11) is 2.18. The second-order valence-corrected chi connectivity index (χ2v) is 5.79. The van der Waals surface area contributed by atoms with Crippen molar-refractivity contribution in [3.05, 3.63) is 60.2 Å². The van der Waals surface area contributed by atoms with Gasteiger partial charge in [0.2, 0.25) is 0 Å². The fourth-order valence-corrected chi connectivity index (χ4v) is 2.98. The fourth-order valence-electron chi connectivity index (χ4n) is 2.98. The molecule has 5 heteroatoms. The Bertz CT molecular complexity index is 577. The van der Waals surface area contributed by atoms with Crippen LogP contribution in [-0.4, -0.2) is 31.1 Å². The van der Waals surface area contributed by atoms with Gasteiger partial charge in [-0.1, -0.05) is 30.3 Å². The molecule has 1 heterocycles. The van der Waals surface area contributed by atoms with E-state index in [1.54, 1.807) is 0 Å². The Labute approximate surface area is 150 Å². The average Bonchev–Trinajstić information content (AvgIpc) is 2.52. The highest BCUT2D eigenvalue weighted by molar-refractivity contribution is 5.85. The molecule has 1 fully saturated rings. The summed E-state index contributed by atoms with van der Waals surface area (Å²) in [6.45, 7) is 2.10. The van der Waals surface area contributed by atoms with Gasteiger partial charge in [0.25, 0.3) is 0 Å². The van der Waals surface area contributed by atoms with Gasteiger partial charge in [-0.3, -0.25) is 0 Å². The lowest BCUT2D eigenvalue weighted by Crippen LogP contribution is -2.42. The van der Waals surface area contributed by atoms with Crippen molar-refractivity contribution in [2.75, 3.05) is 25.9 Å². The van der Waals surface area contributed by atoms with Crippen LogP contribution in [0.3, 0.4) is 0 Å². The molecule has 1 aliphatic rings. The monoisotopic (exact) mass is 354 g/mol. The van der Waals surface area contributed by atoms with Crippen LogP contribution >= 0.6 is 24.8 Å². The topological polar surface area (TPSA) is 38.5 Å². The van der Waals surface area contributed by atoms with E-state index in [0.29, 0.717) is 5.92 Å². The van der Waals surface area contributed by atoms with E-state index in [9.17, 15) is 0 Å². The molecule has 2 N–H and O–H groups in total. The highest BCUT2D eigenvalue weighted by atomic mass is 35.5. The quantitative estimate of drug-likeness (QED) is 0.847. The van der Waals surface area contributed by atoms with Crippen LogP contribution < -0.4 is 10.5 Å². The number of ether oxygens (including phenoxy) is 1. The largest absolute Gasteiger partial charge is 0.490 e. The Hall–Kier alpha value is -1.42. The number of hydrogen-bond acceptors (Lipinski definition) is 3. The first-order valence-corrected chi connectivity index (χ1v) is 7.48. The molecule has 0 amide bonds. The van der Waals surface area contributed by atoms with Gasteiger partial charge in [0.15, 0.2) is 0 Å². The van der Waals surface area contributed by atoms with Gasteiger partial charge in [0.05, 0.1) is 0 Å². The number of likely N-dealkylation sites (N-methyl/N-ethyl adjacent to an activating group) is 1. The van der Waals surface area contributed by atoms with Gasteiger partial charge >= 0.3 is 0 Å². The molecule has 0 aliphatic carbocycles. The molecule has 0 radical (unpaired) electrons. The number of hydrogen-bond donors (Lipinski definition) is 1. The molecular weight excluding hydrogens is 331 g/mol. The van der Waals surface area contributed by atoms with Crippen molar-refractivity contribution in [3.63, 3.8) is 0 Å². The normalized spacial score (nSPS) is 20.9. The molecule has 126 valence electrons. The summed E-state index contributed by atoms with van der Waals surface area (Å²) in [6.07, 6.45) is 1.26. The van der Waals surface area contributed by atoms with Crippen molar-refractivity contribution in [3.8, 4) is 5.75 Å². The van der Waals surface area contributed by atoms with Crippen LogP contribution in [0.25, 0.3) is 0 Å². The molecule has 1 aliphatic heterocycles. The zero-order valence-corrected chi connectivity index (χ0v) is 14.9. The van der Waals surface area contributed by atoms with Crippen LogP contribution in [0.15, 0.2) is 54.6 Å². The van der Waals surface area contributed by atoms with E-state index in [1.165, 1.54) is 5.56 Å². The van der Waals surface area contributed by atoms with Crippen LogP contribution in [0.4, 0.5) is 5.69 Å². The first-order chi connectivity index (χ1) is 10.2. The molecule has 0 aromatic heterocycles. The average molecular weight is 355 g/mol. The van der Waals surface area contributed by atoms with Crippen LogP contribution in [0.2, 0.25) is 0 Å². The Morgan fingerprint density at radius 3 is 2.30 bits per heavy atom. The maximum Gasteiger partial charge on any atom is 0.119 e. The van der Waals surface area contributed by atoms with Gasteiger partial charge in [-0.2, -0.15) is 0 Å². The third-order valence-corrected chi connectivity index (χ3v) is 4.15. The number of likely N-dealkylation sites (tertiary alicyclic amines) is 1. The summed E-state index contributed by atoms with van der Waals surface area (Å²) in [6, 6.07) is 18.3. The van der Waals surface area contributed by atoms with E-state index < -0.39 is 0 Å². The first-order valence-electron chi connectivity index (χ1n) is 7.48. The van der Waals surface area contributed by atoms with Crippen molar-refractivity contribution in [2.24, 2.45) is 0 Å². The van der Waals surface area contributed by atoms with Crippen molar-refractivity contribution in [1.82, 2.24) is 4.90 Å². The Morgan fingerprint density at radius 2 is 1.65 bits per heavy atom. The summed E-state index contributed by atoms with van der Waals surface area (Å²) >= 11 is 0. The standard InChI is InChI=1S/C18H22N2O.2ClH/c1-20-12-11-18(21-16-9-7-15(19)8-10-16)17(13-20)14-5-3-2-4-6-14;;/h2-10,17-18H,11-13,19H2,1H3;2*1H/t17-,18-;;/m0../s1. The number of anilines is 1. The third-order valence-electron chi connectivity index (χ3n) is 4.15. The minimum atomic E-state index is 0. The zero-order chi connectivity index (χ0) is 14.7. The highest BCUT2D eigenvalue weighted by Gasteiger charge is 2.30. The molecule has 3 rings (SSSR count). The lowest BCUT2D eigenvalue weighted by molar-refractivity contribution is 0.0902. The summed E-state index contributed by atoms with van der Waals surface area (Å²) < 4.78 is 6.24. The van der Waals surface area contributed by atoms with E-state index in [2.05, 4.69) is 42.3 Å². The van der Waals surface area contributed by atoms with E-state index in [0.717, 1.165) is 30.9 Å². The number of nitrogen functional groups attached to an aromatic ring is 1. The Kier molecular flexibility index (Phi) is 7.69. The maximum atomic E-state index is 6.24. The van der Waals surface area contributed by atoms with Crippen molar-refractivity contribution in [2.45, 2.75) is 18.4 Å². The molecule has 2 aromatic rings. The smallest absolute Gasteiger partial charge is 0.119 e. The van der Waals surface area contributed by atoms with Crippen LogP contribution in [0.1, 0.15) is 17.9 Å². The molecule has 2 aromatic carbocycles. The molecule has 2 atom stereocenters. The number of nitrogens with zero attached hydrogens (tertiary/aromatic N) is 1. The molecule has 0 bridgehead atoms. The second-order valence-electron chi connectivity index (χ2n) is 5.79. The summed E-state index contributed by atoms with van der Waals surface area (Å²) in [5.41, 5.74) is 7.85. The molecule has 23 heavy (non-hydrogen) atoms. The van der Waals surface area contributed by atoms with Gasteiger partial charge in [-0.15, -0.1) is 24.8 Å². The first kappa shape index (κ1) is 19.6. The second kappa shape index (κ2) is 9.02. The Balaban J connectivity index is 0.00000132. The molecular formula is C18H24Cl2N2O. The lowest BCUT2D eigenvalue weighted by Gasteiger charge is -2.37. The van der Waals surface area contributed by atoms with Gasteiger partial charge < -0.3 is 15.4 Å². The van der Waals surface area contributed by atoms with Crippen molar-refractivity contribution < 1.29 is 4.74 Å². The van der Waals surface area contributed by atoms with Crippen LogP contribution in [0.5, 0.6) is 5.75 Å². The van der Waals surface area contributed by atoms with Gasteiger partial charge in [0, 0.05) is 24.7 Å². The van der Waals surface area contributed by atoms with E-state index in [4.69, 9.17) is 10.5 Å². The number of nitrogens with two attached hydrogens (primary N) is 1.